The van der Waals surface area contributed by atoms with Gasteiger partial charge in [-0.15, -0.1) is 0 Å². The molecule has 5 heteroatoms. The number of aromatic nitrogens is 2. The van der Waals surface area contributed by atoms with Crippen molar-refractivity contribution in [3.63, 3.8) is 0 Å². The predicted octanol–water partition coefficient (Wildman–Crippen LogP) is 0.00726. The highest BCUT2D eigenvalue weighted by Gasteiger charge is 2.10. The minimum absolute atomic E-state index is 0.100. The van der Waals surface area contributed by atoms with Gasteiger partial charge >= 0.3 is 0 Å². The number of imidazole rings is 1. The normalized spacial score (nSPS) is 11.7. The van der Waals surface area contributed by atoms with E-state index in [0.29, 0.717) is 0 Å². The van der Waals surface area contributed by atoms with E-state index in [2.05, 4.69) is 4.98 Å². The number of aliphatic hydroxyl groups excluding tert-OH is 1. The van der Waals surface area contributed by atoms with Crippen LogP contribution in [0.25, 0.3) is 0 Å². The molecule has 66 valence electrons. The van der Waals surface area contributed by atoms with Crippen molar-refractivity contribution in [2.45, 2.75) is 19.6 Å². The molecule has 0 aliphatic carbocycles. The molecular formula is C8H8N4O. The first-order chi connectivity index (χ1) is 6.19. The highest BCUT2D eigenvalue weighted by atomic mass is 16.3. The quantitative estimate of drug-likeness (QED) is 0.687. The van der Waals surface area contributed by atoms with E-state index in [4.69, 9.17) is 15.6 Å². The zero-order valence-corrected chi connectivity index (χ0v) is 7.10. The SMILES string of the molecule is C[C@H](O)Cn1cnc(C#N)c1C#N. The molecule has 13 heavy (non-hydrogen) atoms. The summed E-state index contributed by atoms with van der Waals surface area (Å²) in [6, 6.07) is 3.67. The fourth-order valence-electron chi connectivity index (χ4n) is 1.00. The van der Waals surface area contributed by atoms with Crippen LogP contribution in [0.1, 0.15) is 18.3 Å². The van der Waals surface area contributed by atoms with Crippen LogP contribution >= 0.6 is 0 Å². The Labute approximate surface area is 75.5 Å². The van der Waals surface area contributed by atoms with E-state index in [1.54, 1.807) is 13.0 Å². The van der Waals surface area contributed by atoms with Gasteiger partial charge in [-0.05, 0) is 6.92 Å². The first-order valence-electron chi connectivity index (χ1n) is 3.72. The largest absolute Gasteiger partial charge is 0.392 e. The second-order valence-electron chi connectivity index (χ2n) is 2.67. The van der Waals surface area contributed by atoms with Crippen molar-refractivity contribution < 1.29 is 5.11 Å². The van der Waals surface area contributed by atoms with E-state index in [0.717, 1.165) is 0 Å². The Morgan fingerprint density at radius 2 is 2.31 bits per heavy atom. The van der Waals surface area contributed by atoms with E-state index in [1.165, 1.54) is 10.9 Å². The second-order valence-corrected chi connectivity index (χ2v) is 2.67. The molecule has 0 aliphatic heterocycles. The fourth-order valence-corrected chi connectivity index (χ4v) is 1.00. The van der Waals surface area contributed by atoms with Crippen molar-refractivity contribution >= 4 is 0 Å². The summed E-state index contributed by atoms with van der Waals surface area (Å²) in [6.07, 6.45) is 0.817. The minimum Gasteiger partial charge on any atom is -0.392 e. The van der Waals surface area contributed by atoms with Gasteiger partial charge in [0, 0.05) is 0 Å². The molecule has 0 unspecified atom stereocenters. The van der Waals surface area contributed by atoms with Crippen LogP contribution in [-0.4, -0.2) is 20.8 Å². The Hall–Kier alpha value is -1.85. The highest BCUT2D eigenvalue weighted by Crippen LogP contribution is 2.05. The Kier molecular flexibility index (Phi) is 2.63. The lowest BCUT2D eigenvalue weighted by Gasteiger charge is -2.04. The first-order valence-corrected chi connectivity index (χ1v) is 3.72. The van der Waals surface area contributed by atoms with E-state index >= 15 is 0 Å². The van der Waals surface area contributed by atoms with Gasteiger partial charge in [0.2, 0.25) is 0 Å². The van der Waals surface area contributed by atoms with Gasteiger partial charge in [-0.25, -0.2) is 4.98 Å². The summed E-state index contributed by atoms with van der Waals surface area (Å²) >= 11 is 0. The summed E-state index contributed by atoms with van der Waals surface area (Å²) in [5.74, 6) is 0. The molecule has 0 aromatic carbocycles. The van der Waals surface area contributed by atoms with Gasteiger partial charge in [0.1, 0.15) is 12.1 Å². The minimum atomic E-state index is -0.562. The molecule has 1 N–H and O–H groups in total. The van der Waals surface area contributed by atoms with Gasteiger partial charge in [0.15, 0.2) is 11.4 Å². The van der Waals surface area contributed by atoms with Gasteiger partial charge < -0.3 is 9.67 Å². The summed E-state index contributed by atoms with van der Waals surface area (Å²) in [5.41, 5.74) is 0.298. The lowest BCUT2D eigenvalue weighted by atomic mass is 10.3. The first kappa shape index (κ1) is 9.24. The number of hydrogen-bond acceptors (Lipinski definition) is 4. The number of rotatable bonds is 2. The molecule has 0 saturated carbocycles. The predicted molar refractivity (Wildman–Crippen MR) is 43.3 cm³/mol. The van der Waals surface area contributed by atoms with Crippen LogP contribution in [0.15, 0.2) is 6.33 Å². The molecule has 5 nitrogen and oxygen atoms in total. The molecule has 0 spiro atoms. The molecule has 0 radical (unpaired) electrons. The molecule has 0 fully saturated rings. The van der Waals surface area contributed by atoms with E-state index < -0.39 is 6.10 Å². The molecule has 1 aromatic heterocycles. The fraction of sp³-hybridized carbons (Fsp3) is 0.375. The van der Waals surface area contributed by atoms with Crippen LogP contribution in [0.2, 0.25) is 0 Å². The summed E-state index contributed by atoms with van der Waals surface area (Å²) in [7, 11) is 0. The summed E-state index contributed by atoms with van der Waals surface area (Å²) in [5, 5.41) is 26.3. The molecule has 1 aromatic rings. The lowest BCUT2D eigenvalue weighted by Crippen LogP contribution is -2.12. The van der Waals surface area contributed by atoms with E-state index in [9.17, 15) is 0 Å². The maximum Gasteiger partial charge on any atom is 0.176 e. The molecule has 0 bridgehead atoms. The third-order valence-electron chi connectivity index (χ3n) is 1.51. The van der Waals surface area contributed by atoms with Gasteiger partial charge in [0.05, 0.1) is 19.0 Å². The Balaban J connectivity index is 3.05. The molecule has 1 rings (SSSR count). The number of nitrogens with zero attached hydrogens (tertiary/aromatic N) is 4. The number of hydrogen-bond donors (Lipinski definition) is 1. The van der Waals surface area contributed by atoms with Gasteiger partial charge in [-0.2, -0.15) is 10.5 Å². The smallest absolute Gasteiger partial charge is 0.176 e. The van der Waals surface area contributed by atoms with Crippen LogP contribution in [0.3, 0.4) is 0 Å². The van der Waals surface area contributed by atoms with Gasteiger partial charge in [-0.3, -0.25) is 0 Å². The van der Waals surface area contributed by atoms with Crippen LogP contribution in [0.5, 0.6) is 0 Å². The van der Waals surface area contributed by atoms with E-state index in [1.807, 2.05) is 6.07 Å². The third-order valence-corrected chi connectivity index (χ3v) is 1.51. The van der Waals surface area contributed by atoms with Crippen LogP contribution in [-0.2, 0) is 6.54 Å². The molecular weight excluding hydrogens is 168 g/mol. The molecule has 0 amide bonds. The second kappa shape index (κ2) is 3.70. The van der Waals surface area contributed by atoms with Gasteiger partial charge in [-0.1, -0.05) is 0 Å². The molecule has 1 heterocycles. The van der Waals surface area contributed by atoms with Crippen molar-refractivity contribution in [3.05, 3.63) is 17.7 Å². The zero-order valence-electron chi connectivity index (χ0n) is 7.10. The third kappa shape index (κ3) is 1.84. The van der Waals surface area contributed by atoms with Crippen molar-refractivity contribution in [1.82, 2.24) is 9.55 Å². The summed E-state index contributed by atoms with van der Waals surface area (Å²) in [4.78, 5) is 3.73. The summed E-state index contributed by atoms with van der Waals surface area (Å²) in [6.45, 7) is 1.88. The Morgan fingerprint density at radius 3 is 2.77 bits per heavy atom. The van der Waals surface area contributed by atoms with Crippen molar-refractivity contribution in [3.8, 4) is 12.1 Å². The average Bonchev–Trinajstić information content (AvgIpc) is 2.45. The summed E-state index contributed by atoms with van der Waals surface area (Å²) < 4.78 is 1.46. The average molecular weight is 176 g/mol. The maximum atomic E-state index is 9.07. The van der Waals surface area contributed by atoms with E-state index in [-0.39, 0.29) is 17.9 Å². The van der Waals surface area contributed by atoms with Gasteiger partial charge in [0.25, 0.3) is 0 Å². The van der Waals surface area contributed by atoms with Crippen molar-refractivity contribution in [1.29, 1.82) is 10.5 Å². The van der Waals surface area contributed by atoms with Crippen LogP contribution < -0.4 is 0 Å². The number of aliphatic hydroxyl groups is 1. The molecule has 0 saturated heterocycles. The van der Waals surface area contributed by atoms with Crippen LogP contribution in [0.4, 0.5) is 0 Å². The van der Waals surface area contributed by atoms with Crippen LogP contribution in [0, 0.1) is 22.7 Å². The molecule has 0 aliphatic rings. The lowest BCUT2D eigenvalue weighted by molar-refractivity contribution is 0.173. The monoisotopic (exact) mass is 176 g/mol. The highest BCUT2D eigenvalue weighted by molar-refractivity contribution is 5.35. The zero-order chi connectivity index (χ0) is 9.84. The van der Waals surface area contributed by atoms with Crippen molar-refractivity contribution in [2.75, 3.05) is 0 Å². The number of nitriles is 2. The molecule has 1 atom stereocenters. The maximum absolute atomic E-state index is 9.07. The topological polar surface area (TPSA) is 85.6 Å². The van der Waals surface area contributed by atoms with Crippen molar-refractivity contribution in [2.24, 2.45) is 0 Å². The Bertz CT molecular complexity index is 380. The standard InChI is InChI=1S/C8H8N4O/c1-6(13)4-12-5-11-7(2-9)8(12)3-10/h5-6,13H,4H2,1H3/t6-/m0/s1. The Morgan fingerprint density at radius 1 is 1.62 bits per heavy atom.